The lowest BCUT2D eigenvalue weighted by Crippen LogP contribution is -2.48. The highest BCUT2D eigenvalue weighted by atomic mass is 32.2. The molecule has 1 aromatic carbocycles. The van der Waals surface area contributed by atoms with Crippen LogP contribution in [0.1, 0.15) is 24.0 Å². The second-order valence-electron chi connectivity index (χ2n) is 7.04. The fourth-order valence-electron chi connectivity index (χ4n) is 3.07. The molecule has 1 saturated heterocycles. The highest BCUT2D eigenvalue weighted by Gasteiger charge is 2.26. The van der Waals surface area contributed by atoms with E-state index in [1.807, 2.05) is 13.8 Å². The van der Waals surface area contributed by atoms with Crippen molar-refractivity contribution < 1.29 is 22.0 Å². The average molecular weight is 403 g/mol. The maximum Gasteiger partial charge on any atom is 0.251 e. The first-order valence-electron chi connectivity index (χ1n) is 8.93. The Morgan fingerprint density at radius 3 is 2.44 bits per heavy atom. The van der Waals surface area contributed by atoms with Crippen molar-refractivity contribution in [3.05, 3.63) is 29.3 Å². The number of hydrogen-bond donors (Lipinski definition) is 1. The van der Waals surface area contributed by atoms with Gasteiger partial charge in [0.05, 0.1) is 18.0 Å². The second kappa shape index (κ2) is 9.07. The third-order valence-corrected chi connectivity index (χ3v) is 6.70. The number of amides is 1. The molecular formula is C18H27F2N3O3S. The first-order chi connectivity index (χ1) is 12.6. The zero-order valence-corrected chi connectivity index (χ0v) is 16.7. The summed E-state index contributed by atoms with van der Waals surface area (Å²) in [5, 5.41) is 2.81. The normalized spacial score (nSPS) is 16.9. The Balaban J connectivity index is 1.89. The van der Waals surface area contributed by atoms with E-state index in [4.69, 9.17) is 0 Å². The van der Waals surface area contributed by atoms with Gasteiger partial charge in [0.1, 0.15) is 0 Å². The minimum atomic E-state index is -3.76. The van der Waals surface area contributed by atoms with Gasteiger partial charge in [-0.3, -0.25) is 9.69 Å². The molecule has 1 amide bonds. The summed E-state index contributed by atoms with van der Waals surface area (Å²) in [5.41, 5.74) is 1.86. The molecule has 6 nitrogen and oxygen atoms in total. The summed E-state index contributed by atoms with van der Waals surface area (Å²) in [6, 6.07) is 4.75. The molecule has 1 aliphatic rings. The van der Waals surface area contributed by atoms with Gasteiger partial charge in [0.25, 0.3) is 6.43 Å². The summed E-state index contributed by atoms with van der Waals surface area (Å²) in [6.07, 6.45) is -1.21. The molecule has 0 unspecified atom stereocenters. The number of hydrogen-bond acceptors (Lipinski definition) is 4. The lowest BCUT2D eigenvalue weighted by molar-refractivity contribution is -0.122. The summed E-state index contributed by atoms with van der Waals surface area (Å²) < 4.78 is 51.1. The van der Waals surface area contributed by atoms with Crippen molar-refractivity contribution in [3.63, 3.8) is 0 Å². The monoisotopic (exact) mass is 403 g/mol. The molecule has 2 rings (SSSR count). The minimum absolute atomic E-state index is 0.121. The van der Waals surface area contributed by atoms with Gasteiger partial charge in [-0.1, -0.05) is 6.07 Å². The van der Waals surface area contributed by atoms with Crippen LogP contribution in [0.3, 0.4) is 0 Å². The average Bonchev–Trinajstić information content (AvgIpc) is 2.58. The van der Waals surface area contributed by atoms with Crippen molar-refractivity contribution in [2.75, 3.05) is 33.2 Å². The lowest BCUT2D eigenvalue weighted by atomic mass is 10.1. The van der Waals surface area contributed by atoms with Crippen molar-refractivity contribution in [1.29, 1.82) is 0 Å². The van der Waals surface area contributed by atoms with E-state index in [9.17, 15) is 22.0 Å². The fourth-order valence-corrected chi connectivity index (χ4v) is 4.28. The van der Waals surface area contributed by atoms with Crippen molar-refractivity contribution in [2.45, 2.75) is 44.1 Å². The molecule has 1 aromatic rings. The van der Waals surface area contributed by atoms with Gasteiger partial charge in [0.15, 0.2) is 0 Å². The molecule has 1 N–H and O–H groups in total. The quantitative estimate of drug-likeness (QED) is 0.753. The van der Waals surface area contributed by atoms with Gasteiger partial charge < -0.3 is 5.32 Å². The number of nitrogens with one attached hydrogen (secondary N) is 1. The number of benzene rings is 1. The highest BCUT2D eigenvalue weighted by Crippen LogP contribution is 2.18. The summed E-state index contributed by atoms with van der Waals surface area (Å²) in [5.74, 6) is -0.391. The lowest BCUT2D eigenvalue weighted by Gasteiger charge is -2.32. The van der Waals surface area contributed by atoms with Crippen LogP contribution in [0.4, 0.5) is 8.78 Å². The molecular weight excluding hydrogens is 376 g/mol. The third kappa shape index (κ3) is 5.95. The zero-order valence-electron chi connectivity index (χ0n) is 15.9. The Kier molecular flexibility index (Phi) is 7.30. The molecule has 1 fully saturated rings. The molecule has 0 bridgehead atoms. The number of carbonyl (C=O) groups excluding carboxylic acids is 1. The van der Waals surface area contributed by atoms with Gasteiger partial charge in [0, 0.05) is 26.2 Å². The number of sulfonamides is 1. The van der Waals surface area contributed by atoms with E-state index >= 15 is 0 Å². The van der Waals surface area contributed by atoms with E-state index in [1.54, 1.807) is 17.0 Å². The van der Waals surface area contributed by atoms with Gasteiger partial charge in [-0.05, 0) is 49.9 Å². The molecule has 0 radical (unpaired) electrons. The highest BCUT2D eigenvalue weighted by molar-refractivity contribution is 7.89. The number of aryl methyl sites for hydroxylation is 2. The standard InChI is InChI=1S/C18H27F2N3O3S/c1-13-4-5-16(10-14(13)2)27(25,26)22(3)12-18(24)21-15-6-8-23(9-7-15)11-17(19)20/h4-5,10,15,17H,6-9,11-12H2,1-3H3,(H,21,24). The maximum absolute atomic E-state index is 12.6. The van der Waals surface area contributed by atoms with Crippen LogP contribution >= 0.6 is 0 Å². The molecule has 27 heavy (non-hydrogen) atoms. The van der Waals surface area contributed by atoms with Crippen LogP contribution in [-0.4, -0.2) is 69.2 Å². The van der Waals surface area contributed by atoms with Crippen molar-refractivity contribution in [1.82, 2.24) is 14.5 Å². The number of nitrogens with zero attached hydrogens (tertiary/aromatic N) is 2. The van der Waals surface area contributed by atoms with Crippen LogP contribution in [0.5, 0.6) is 0 Å². The first-order valence-corrected chi connectivity index (χ1v) is 10.4. The molecule has 152 valence electrons. The predicted molar refractivity (Wildman–Crippen MR) is 99.3 cm³/mol. The number of rotatable bonds is 7. The van der Waals surface area contributed by atoms with Crippen LogP contribution in [0, 0.1) is 13.8 Å². The van der Waals surface area contributed by atoms with Crippen LogP contribution in [0.25, 0.3) is 0 Å². The molecule has 0 aromatic heterocycles. The third-order valence-electron chi connectivity index (χ3n) is 4.90. The van der Waals surface area contributed by atoms with Gasteiger partial charge in [0.2, 0.25) is 15.9 Å². The summed E-state index contributed by atoms with van der Waals surface area (Å²) in [6.45, 7) is 4.18. The number of carbonyl (C=O) groups is 1. The summed E-state index contributed by atoms with van der Waals surface area (Å²) >= 11 is 0. The second-order valence-corrected chi connectivity index (χ2v) is 9.09. The Bertz CT molecular complexity index is 763. The van der Waals surface area contributed by atoms with E-state index in [0.717, 1.165) is 15.4 Å². The van der Waals surface area contributed by atoms with Crippen LogP contribution in [0.2, 0.25) is 0 Å². The number of likely N-dealkylation sites (tertiary alicyclic amines) is 1. The van der Waals surface area contributed by atoms with Crippen molar-refractivity contribution >= 4 is 15.9 Å². The van der Waals surface area contributed by atoms with Crippen molar-refractivity contribution in [3.8, 4) is 0 Å². The van der Waals surface area contributed by atoms with Crippen LogP contribution < -0.4 is 5.32 Å². The first kappa shape index (κ1) is 21.7. The minimum Gasteiger partial charge on any atom is -0.352 e. The van der Waals surface area contributed by atoms with E-state index in [0.29, 0.717) is 25.9 Å². The molecule has 0 atom stereocenters. The zero-order chi connectivity index (χ0) is 20.2. The Morgan fingerprint density at radius 2 is 1.89 bits per heavy atom. The van der Waals surface area contributed by atoms with Gasteiger partial charge >= 0.3 is 0 Å². The topological polar surface area (TPSA) is 69.7 Å². The van der Waals surface area contributed by atoms with Crippen LogP contribution in [-0.2, 0) is 14.8 Å². The van der Waals surface area contributed by atoms with E-state index in [2.05, 4.69) is 5.32 Å². The molecule has 0 saturated carbocycles. The molecule has 0 aliphatic carbocycles. The Labute approximate surface area is 159 Å². The number of alkyl halides is 2. The summed E-state index contributed by atoms with van der Waals surface area (Å²) in [7, 11) is -2.39. The fraction of sp³-hybridized carbons (Fsp3) is 0.611. The molecule has 0 spiro atoms. The smallest absolute Gasteiger partial charge is 0.251 e. The van der Waals surface area contributed by atoms with E-state index in [-0.39, 0.29) is 24.0 Å². The number of piperidine rings is 1. The van der Waals surface area contributed by atoms with Crippen molar-refractivity contribution in [2.24, 2.45) is 0 Å². The Morgan fingerprint density at radius 1 is 1.26 bits per heavy atom. The SMILES string of the molecule is Cc1ccc(S(=O)(=O)N(C)CC(=O)NC2CCN(CC(F)F)CC2)cc1C. The van der Waals surface area contributed by atoms with Gasteiger partial charge in [-0.2, -0.15) is 4.31 Å². The predicted octanol–water partition coefficient (Wildman–Crippen LogP) is 1.77. The number of likely N-dealkylation sites (N-methyl/N-ethyl adjacent to an activating group) is 1. The molecule has 9 heteroatoms. The molecule has 1 heterocycles. The Hall–Kier alpha value is -1.58. The molecule has 1 aliphatic heterocycles. The van der Waals surface area contributed by atoms with E-state index < -0.39 is 22.4 Å². The van der Waals surface area contributed by atoms with Gasteiger partial charge in [-0.25, -0.2) is 17.2 Å². The van der Waals surface area contributed by atoms with E-state index in [1.165, 1.54) is 13.1 Å². The van der Waals surface area contributed by atoms with Gasteiger partial charge in [-0.15, -0.1) is 0 Å². The maximum atomic E-state index is 12.6. The van der Waals surface area contributed by atoms with Crippen LogP contribution in [0.15, 0.2) is 23.1 Å². The summed E-state index contributed by atoms with van der Waals surface area (Å²) in [4.78, 5) is 14.1. The largest absolute Gasteiger partial charge is 0.352 e. The number of halogens is 2.